The Bertz CT molecular complexity index is 950. The molecule has 0 aliphatic carbocycles. The first-order valence-electron chi connectivity index (χ1n) is 7.34. The molecule has 0 aromatic heterocycles. The van der Waals surface area contributed by atoms with Crippen molar-refractivity contribution >= 4 is 66.4 Å². The van der Waals surface area contributed by atoms with E-state index in [4.69, 9.17) is 23.2 Å². The fourth-order valence-electron chi connectivity index (χ4n) is 2.56. The molecule has 1 amide bonds. The molecule has 1 aliphatic heterocycles. The van der Waals surface area contributed by atoms with Crippen molar-refractivity contribution in [3.8, 4) is 0 Å². The number of anilines is 2. The molecule has 9 heteroatoms. The summed E-state index contributed by atoms with van der Waals surface area (Å²) in [5.41, 5.74) is 1.10. The number of carbonyl (C=O) groups excluding carboxylic acids is 1. The maximum absolute atomic E-state index is 12.5. The Balaban J connectivity index is 1.90. The Morgan fingerprint density at radius 1 is 1.12 bits per heavy atom. The quantitative estimate of drug-likeness (QED) is 0.726. The number of carbonyl (C=O) groups is 1. The number of halogens is 3. The molecule has 1 fully saturated rings. The number of hydrogen-bond donors (Lipinski definition) is 1. The maximum atomic E-state index is 12.5. The van der Waals surface area contributed by atoms with Gasteiger partial charge in [-0.15, -0.1) is 0 Å². The Morgan fingerprint density at radius 2 is 1.84 bits per heavy atom. The lowest BCUT2D eigenvalue weighted by Gasteiger charge is -2.19. The molecule has 5 nitrogen and oxygen atoms in total. The van der Waals surface area contributed by atoms with Crippen LogP contribution < -0.4 is 9.62 Å². The molecule has 1 N–H and O–H groups in total. The van der Waals surface area contributed by atoms with Gasteiger partial charge in [0.25, 0.3) is 5.91 Å². The van der Waals surface area contributed by atoms with E-state index in [1.807, 2.05) is 0 Å². The smallest absolute Gasteiger partial charge is 0.257 e. The fraction of sp³-hybridized carbons (Fsp3) is 0.188. The summed E-state index contributed by atoms with van der Waals surface area (Å²) in [6.45, 7) is 0.372. The Kier molecular flexibility index (Phi) is 5.29. The van der Waals surface area contributed by atoms with Gasteiger partial charge in [0.2, 0.25) is 10.0 Å². The van der Waals surface area contributed by atoms with Crippen molar-refractivity contribution in [1.82, 2.24) is 0 Å². The van der Waals surface area contributed by atoms with Crippen LogP contribution in [0.1, 0.15) is 16.8 Å². The lowest BCUT2D eigenvalue weighted by atomic mass is 10.2. The molecule has 0 bridgehead atoms. The lowest BCUT2D eigenvalue weighted by Crippen LogP contribution is -2.25. The van der Waals surface area contributed by atoms with Gasteiger partial charge in [-0.05, 0) is 42.8 Å². The first-order valence-corrected chi connectivity index (χ1v) is 10.5. The van der Waals surface area contributed by atoms with E-state index in [-0.39, 0.29) is 5.75 Å². The molecule has 1 aliphatic rings. The minimum absolute atomic E-state index is 0.0908. The zero-order valence-corrected chi connectivity index (χ0v) is 16.7. The van der Waals surface area contributed by atoms with Gasteiger partial charge in [0.1, 0.15) is 0 Å². The summed E-state index contributed by atoms with van der Waals surface area (Å²) in [5, 5.41) is 3.35. The number of sulfonamides is 1. The summed E-state index contributed by atoms with van der Waals surface area (Å²) in [4.78, 5) is 12.5. The van der Waals surface area contributed by atoms with E-state index in [1.165, 1.54) is 4.31 Å². The summed E-state index contributed by atoms with van der Waals surface area (Å²) in [6.07, 6.45) is 0.545. The molecule has 1 saturated heterocycles. The number of hydrogen-bond acceptors (Lipinski definition) is 3. The van der Waals surface area contributed by atoms with Crippen molar-refractivity contribution in [3.63, 3.8) is 0 Å². The average molecular weight is 464 g/mol. The highest BCUT2D eigenvalue weighted by Crippen LogP contribution is 2.34. The summed E-state index contributed by atoms with van der Waals surface area (Å²) in [7, 11) is -3.36. The number of benzene rings is 2. The number of nitrogens with one attached hydrogen (secondary N) is 1. The molecule has 3 rings (SSSR count). The first kappa shape index (κ1) is 18.5. The molecule has 1 heterocycles. The number of nitrogens with zero attached hydrogens (tertiary/aromatic N) is 1. The van der Waals surface area contributed by atoms with Gasteiger partial charge in [0.15, 0.2) is 0 Å². The Morgan fingerprint density at radius 3 is 2.52 bits per heavy atom. The van der Waals surface area contributed by atoms with E-state index in [1.54, 1.807) is 36.4 Å². The van der Waals surface area contributed by atoms with Gasteiger partial charge >= 0.3 is 0 Å². The topological polar surface area (TPSA) is 66.5 Å². The van der Waals surface area contributed by atoms with E-state index in [0.717, 1.165) is 4.47 Å². The molecular weight excluding hydrogens is 451 g/mol. The van der Waals surface area contributed by atoms with Gasteiger partial charge in [0, 0.05) is 16.7 Å². The van der Waals surface area contributed by atoms with Crippen LogP contribution in [-0.2, 0) is 10.0 Å². The molecule has 0 atom stereocenters. The van der Waals surface area contributed by atoms with Gasteiger partial charge in [-0.1, -0.05) is 39.1 Å². The van der Waals surface area contributed by atoms with E-state index >= 15 is 0 Å². The van der Waals surface area contributed by atoms with Crippen LogP contribution in [0.3, 0.4) is 0 Å². The van der Waals surface area contributed by atoms with Crippen molar-refractivity contribution in [2.45, 2.75) is 6.42 Å². The fourth-order valence-corrected chi connectivity index (χ4v) is 4.97. The normalized spacial score (nSPS) is 16.0. The predicted octanol–water partition coefficient (Wildman–Crippen LogP) is 4.55. The van der Waals surface area contributed by atoms with Crippen molar-refractivity contribution in [2.24, 2.45) is 0 Å². The zero-order valence-electron chi connectivity index (χ0n) is 12.8. The van der Waals surface area contributed by atoms with Crippen LogP contribution in [0.5, 0.6) is 0 Å². The molecule has 2 aromatic carbocycles. The van der Waals surface area contributed by atoms with E-state index in [9.17, 15) is 13.2 Å². The van der Waals surface area contributed by atoms with E-state index in [0.29, 0.717) is 39.9 Å². The van der Waals surface area contributed by atoms with Gasteiger partial charge in [-0.25, -0.2) is 8.42 Å². The zero-order chi connectivity index (χ0) is 18.2. The third-order valence-electron chi connectivity index (χ3n) is 3.75. The second kappa shape index (κ2) is 7.15. The average Bonchev–Trinajstić information content (AvgIpc) is 2.90. The maximum Gasteiger partial charge on any atom is 0.257 e. The molecule has 0 saturated carbocycles. The molecule has 0 spiro atoms. The van der Waals surface area contributed by atoms with Crippen LogP contribution >= 0.6 is 39.1 Å². The highest BCUT2D eigenvalue weighted by molar-refractivity contribution is 9.10. The number of rotatable bonds is 3. The van der Waals surface area contributed by atoms with Crippen molar-refractivity contribution in [1.29, 1.82) is 0 Å². The van der Waals surface area contributed by atoms with E-state index in [2.05, 4.69) is 21.2 Å². The SMILES string of the molecule is O=C(Nc1ccc(Cl)c(N2CCCS2(=O)=O)c1)c1cc(Br)ccc1Cl. The van der Waals surface area contributed by atoms with Crippen molar-refractivity contribution < 1.29 is 13.2 Å². The minimum Gasteiger partial charge on any atom is -0.322 e. The largest absolute Gasteiger partial charge is 0.322 e. The van der Waals surface area contributed by atoms with Crippen LogP contribution in [-0.4, -0.2) is 26.6 Å². The van der Waals surface area contributed by atoms with Gasteiger partial charge < -0.3 is 5.32 Å². The van der Waals surface area contributed by atoms with Crippen molar-refractivity contribution in [3.05, 3.63) is 56.5 Å². The van der Waals surface area contributed by atoms with Gasteiger partial charge in [-0.3, -0.25) is 9.10 Å². The Hall–Kier alpha value is -1.28. The van der Waals surface area contributed by atoms with E-state index < -0.39 is 15.9 Å². The summed E-state index contributed by atoms with van der Waals surface area (Å²) >= 11 is 15.5. The molecule has 2 aromatic rings. The number of amides is 1. The van der Waals surface area contributed by atoms with Crippen LogP contribution in [0.4, 0.5) is 11.4 Å². The second-order valence-electron chi connectivity index (χ2n) is 5.49. The molecule has 132 valence electrons. The lowest BCUT2D eigenvalue weighted by molar-refractivity contribution is 0.102. The van der Waals surface area contributed by atoms with Gasteiger partial charge in [-0.2, -0.15) is 0 Å². The summed E-state index contributed by atoms with van der Waals surface area (Å²) in [6, 6.07) is 9.68. The Labute approximate surface area is 164 Å². The first-order chi connectivity index (χ1) is 11.8. The molecule has 25 heavy (non-hydrogen) atoms. The minimum atomic E-state index is -3.36. The van der Waals surface area contributed by atoms with Crippen LogP contribution in [0.25, 0.3) is 0 Å². The van der Waals surface area contributed by atoms with Crippen LogP contribution in [0.15, 0.2) is 40.9 Å². The standard InChI is InChI=1S/C16H13BrCl2N2O3S/c17-10-2-4-13(18)12(8-10)16(22)20-11-3-5-14(19)15(9-11)21-6-1-7-25(21,23)24/h2-5,8-9H,1,6-7H2,(H,20,22). The monoisotopic (exact) mass is 462 g/mol. The molecule has 0 unspecified atom stereocenters. The van der Waals surface area contributed by atoms with Crippen LogP contribution in [0, 0.1) is 0 Å². The third kappa shape index (κ3) is 3.95. The second-order valence-corrected chi connectivity index (χ2v) is 9.23. The van der Waals surface area contributed by atoms with Crippen LogP contribution in [0.2, 0.25) is 10.0 Å². The van der Waals surface area contributed by atoms with Crippen molar-refractivity contribution in [2.75, 3.05) is 21.9 Å². The highest BCUT2D eigenvalue weighted by atomic mass is 79.9. The highest BCUT2D eigenvalue weighted by Gasteiger charge is 2.30. The molecular formula is C16H13BrCl2N2O3S. The molecule has 0 radical (unpaired) electrons. The summed E-state index contributed by atoms with van der Waals surface area (Å²) < 4.78 is 26.2. The predicted molar refractivity (Wildman–Crippen MR) is 104 cm³/mol. The third-order valence-corrected chi connectivity index (χ3v) is 6.74. The summed E-state index contributed by atoms with van der Waals surface area (Å²) in [5.74, 6) is -0.308. The van der Waals surface area contributed by atoms with Gasteiger partial charge in [0.05, 0.1) is 27.0 Å².